The number of aryl methyl sites for hydroxylation is 2. The summed E-state index contributed by atoms with van der Waals surface area (Å²) in [5, 5.41) is 0. The van der Waals surface area contributed by atoms with E-state index in [1.165, 1.54) is 23.8 Å². The number of nitrogens with two attached hydrogens (primary N) is 1. The summed E-state index contributed by atoms with van der Waals surface area (Å²) in [6, 6.07) is 6.37. The van der Waals surface area contributed by atoms with Crippen molar-refractivity contribution < 1.29 is 9.53 Å². The van der Waals surface area contributed by atoms with E-state index in [0.717, 1.165) is 6.42 Å². The van der Waals surface area contributed by atoms with Crippen molar-refractivity contribution in [2.75, 3.05) is 7.11 Å². The lowest BCUT2D eigenvalue weighted by Gasteiger charge is -2.13. The number of esters is 1. The monoisotopic (exact) mass is 235 g/mol. The maximum absolute atomic E-state index is 11.0. The van der Waals surface area contributed by atoms with Gasteiger partial charge in [-0.05, 0) is 37.8 Å². The van der Waals surface area contributed by atoms with Crippen molar-refractivity contribution >= 4 is 5.97 Å². The summed E-state index contributed by atoms with van der Waals surface area (Å²) in [6.45, 7) is 4.16. The number of methoxy groups -OCH3 is 1. The lowest BCUT2D eigenvalue weighted by molar-refractivity contribution is -0.140. The summed E-state index contributed by atoms with van der Waals surface area (Å²) in [5.41, 5.74) is 9.78. The van der Waals surface area contributed by atoms with Gasteiger partial charge < -0.3 is 10.5 Å². The molecule has 1 unspecified atom stereocenters. The van der Waals surface area contributed by atoms with Gasteiger partial charge in [0.2, 0.25) is 0 Å². The Balaban J connectivity index is 2.52. The molecule has 0 radical (unpaired) electrons. The zero-order valence-electron chi connectivity index (χ0n) is 10.8. The molecule has 0 aliphatic rings. The topological polar surface area (TPSA) is 52.3 Å². The third-order valence-corrected chi connectivity index (χ3v) is 2.93. The van der Waals surface area contributed by atoms with E-state index in [2.05, 4.69) is 36.8 Å². The molecule has 1 aromatic carbocycles. The molecule has 3 nitrogen and oxygen atoms in total. The van der Waals surface area contributed by atoms with Crippen LogP contribution in [0.5, 0.6) is 0 Å². The van der Waals surface area contributed by atoms with Crippen LogP contribution in [0.15, 0.2) is 18.2 Å². The number of benzene rings is 1. The second-order valence-electron chi connectivity index (χ2n) is 4.51. The standard InChI is InChI=1S/C14H21NO2/c1-10-4-5-11(2)12(8-10)9-13(15)6-7-14(16)17-3/h4-5,8,13H,6-7,9,15H2,1-3H3. The van der Waals surface area contributed by atoms with Crippen LogP contribution >= 0.6 is 0 Å². The van der Waals surface area contributed by atoms with Crippen molar-refractivity contribution in [1.82, 2.24) is 0 Å². The third kappa shape index (κ3) is 4.57. The lowest BCUT2D eigenvalue weighted by atomic mass is 9.97. The van der Waals surface area contributed by atoms with Crippen LogP contribution in [0.4, 0.5) is 0 Å². The van der Waals surface area contributed by atoms with Crippen LogP contribution in [-0.4, -0.2) is 19.1 Å². The Kier molecular flexibility index (Phi) is 5.16. The number of carbonyl (C=O) groups is 1. The first-order valence-electron chi connectivity index (χ1n) is 5.91. The van der Waals surface area contributed by atoms with E-state index in [1.54, 1.807) is 0 Å². The highest BCUT2D eigenvalue weighted by molar-refractivity contribution is 5.69. The summed E-state index contributed by atoms with van der Waals surface area (Å²) in [5.74, 6) is -0.193. The Labute approximate surface area is 103 Å². The molecule has 0 saturated carbocycles. The van der Waals surface area contributed by atoms with E-state index in [4.69, 9.17) is 5.73 Å². The van der Waals surface area contributed by atoms with Gasteiger partial charge in [-0.15, -0.1) is 0 Å². The molecule has 3 heteroatoms. The summed E-state index contributed by atoms with van der Waals surface area (Å²) in [4.78, 5) is 11.0. The van der Waals surface area contributed by atoms with Crippen LogP contribution in [0, 0.1) is 13.8 Å². The lowest BCUT2D eigenvalue weighted by Crippen LogP contribution is -2.24. The molecule has 0 amide bonds. The van der Waals surface area contributed by atoms with E-state index in [-0.39, 0.29) is 12.0 Å². The Morgan fingerprint density at radius 3 is 2.76 bits per heavy atom. The molecule has 1 rings (SSSR count). The zero-order chi connectivity index (χ0) is 12.8. The van der Waals surface area contributed by atoms with Gasteiger partial charge in [-0.2, -0.15) is 0 Å². The van der Waals surface area contributed by atoms with E-state index in [1.807, 2.05) is 0 Å². The SMILES string of the molecule is COC(=O)CCC(N)Cc1cc(C)ccc1C. The Hall–Kier alpha value is -1.35. The molecule has 94 valence electrons. The van der Waals surface area contributed by atoms with Crippen LogP contribution in [-0.2, 0) is 16.0 Å². The average molecular weight is 235 g/mol. The highest BCUT2D eigenvalue weighted by atomic mass is 16.5. The van der Waals surface area contributed by atoms with Crippen LogP contribution < -0.4 is 5.73 Å². The first kappa shape index (κ1) is 13.7. The predicted molar refractivity (Wildman–Crippen MR) is 68.8 cm³/mol. The van der Waals surface area contributed by atoms with Crippen molar-refractivity contribution in [2.45, 2.75) is 39.2 Å². The van der Waals surface area contributed by atoms with Gasteiger partial charge in [-0.3, -0.25) is 4.79 Å². The van der Waals surface area contributed by atoms with Crippen molar-refractivity contribution in [1.29, 1.82) is 0 Å². The molecule has 0 aromatic heterocycles. The molecule has 2 N–H and O–H groups in total. The minimum absolute atomic E-state index is 0.00889. The molecule has 0 saturated heterocycles. The van der Waals surface area contributed by atoms with E-state index in [9.17, 15) is 4.79 Å². The Morgan fingerprint density at radius 2 is 2.12 bits per heavy atom. The maximum atomic E-state index is 11.0. The van der Waals surface area contributed by atoms with E-state index >= 15 is 0 Å². The fraction of sp³-hybridized carbons (Fsp3) is 0.500. The predicted octanol–water partition coefficient (Wildman–Crippen LogP) is 2.13. The summed E-state index contributed by atoms with van der Waals surface area (Å²) >= 11 is 0. The molecule has 17 heavy (non-hydrogen) atoms. The number of hydrogen-bond donors (Lipinski definition) is 1. The molecule has 0 bridgehead atoms. The van der Waals surface area contributed by atoms with E-state index in [0.29, 0.717) is 12.8 Å². The quantitative estimate of drug-likeness (QED) is 0.795. The molecule has 0 aliphatic carbocycles. The minimum Gasteiger partial charge on any atom is -0.469 e. The van der Waals surface area contributed by atoms with Crippen LogP contribution in [0.2, 0.25) is 0 Å². The number of ether oxygens (including phenoxy) is 1. The molecule has 1 aromatic rings. The third-order valence-electron chi connectivity index (χ3n) is 2.93. The smallest absolute Gasteiger partial charge is 0.305 e. The highest BCUT2D eigenvalue weighted by Gasteiger charge is 2.09. The second-order valence-corrected chi connectivity index (χ2v) is 4.51. The Bertz CT molecular complexity index is 388. The molecule has 0 heterocycles. The van der Waals surface area contributed by atoms with Crippen molar-refractivity contribution in [2.24, 2.45) is 5.73 Å². The van der Waals surface area contributed by atoms with Gasteiger partial charge in [-0.25, -0.2) is 0 Å². The molecule has 1 atom stereocenters. The van der Waals surface area contributed by atoms with Gasteiger partial charge >= 0.3 is 5.97 Å². The van der Waals surface area contributed by atoms with Gasteiger partial charge in [0.1, 0.15) is 0 Å². The normalized spacial score (nSPS) is 12.2. The highest BCUT2D eigenvalue weighted by Crippen LogP contribution is 2.14. The minimum atomic E-state index is -0.193. The fourth-order valence-corrected chi connectivity index (χ4v) is 1.81. The number of rotatable bonds is 5. The van der Waals surface area contributed by atoms with Gasteiger partial charge in [0.05, 0.1) is 7.11 Å². The van der Waals surface area contributed by atoms with Crippen molar-refractivity contribution in [3.8, 4) is 0 Å². The first-order chi connectivity index (χ1) is 8.02. The fourth-order valence-electron chi connectivity index (χ4n) is 1.81. The number of hydrogen-bond acceptors (Lipinski definition) is 3. The van der Waals surface area contributed by atoms with Gasteiger partial charge in [0.15, 0.2) is 0 Å². The van der Waals surface area contributed by atoms with Gasteiger partial charge in [0.25, 0.3) is 0 Å². The van der Waals surface area contributed by atoms with Crippen LogP contribution in [0.1, 0.15) is 29.5 Å². The van der Waals surface area contributed by atoms with E-state index < -0.39 is 0 Å². The van der Waals surface area contributed by atoms with Crippen LogP contribution in [0.3, 0.4) is 0 Å². The first-order valence-corrected chi connectivity index (χ1v) is 5.91. The zero-order valence-corrected chi connectivity index (χ0v) is 10.8. The maximum Gasteiger partial charge on any atom is 0.305 e. The van der Waals surface area contributed by atoms with Gasteiger partial charge in [-0.1, -0.05) is 23.8 Å². The summed E-state index contributed by atoms with van der Waals surface area (Å²) in [6.07, 6.45) is 1.87. The van der Waals surface area contributed by atoms with Crippen molar-refractivity contribution in [3.05, 3.63) is 34.9 Å². The molecule has 0 fully saturated rings. The van der Waals surface area contributed by atoms with Crippen molar-refractivity contribution in [3.63, 3.8) is 0 Å². The largest absolute Gasteiger partial charge is 0.469 e. The molecule has 0 spiro atoms. The van der Waals surface area contributed by atoms with Gasteiger partial charge in [0, 0.05) is 12.5 Å². The van der Waals surface area contributed by atoms with Crippen LogP contribution in [0.25, 0.3) is 0 Å². The molecular formula is C14H21NO2. The Morgan fingerprint density at radius 1 is 1.41 bits per heavy atom. The average Bonchev–Trinajstić information content (AvgIpc) is 2.30. The molecular weight excluding hydrogens is 214 g/mol. The summed E-state index contributed by atoms with van der Waals surface area (Å²) in [7, 11) is 1.40. The molecule has 0 aliphatic heterocycles. The number of carbonyl (C=O) groups excluding carboxylic acids is 1. The summed E-state index contributed by atoms with van der Waals surface area (Å²) < 4.78 is 4.60. The second kappa shape index (κ2) is 6.40.